The SMILES string of the molecule is C=c1cnn(-c2ccnc(N(CC)CCOC)c2)/c1=C/C(=C\C)c1cnccc1OC. The highest BCUT2D eigenvalue weighted by Gasteiger charge is 2.10. The molecule has 7 nitrogen and oxygen atoms in total. The summed E-state index contributed by atoms with van der Waals surface area (Å²) in [6.45, 7) is 10.5. The molecule has 162 valence electrons. The quantitative estimate of drug-likeness (QED) is 0.531. The van der Waals surface area contributed by atoms with Crippen LogP contribution in [0.2, 0.25) is 0 Å². The van der Waals surface area contributed by atoms with Crippen molar-refractivity contribution in [2.24, 2.45) is 0 Å². The zero-order chi connectivity index (χ0) is 22.2. The van der Waals surface area contributed by atoms with Gasteiger partial charge in [0.25, 0.3) is 0 Å². The van der Waals surface area contributed by atoms with E-state index < -0.39 is 0 Å². The first-order valence-electron chi connectivity index (χ1n) is 10.2. The Bertz CT molecular complexity index is 1150. The van der Waals surface area contributed by atoms with Crippen molar-refractivity contribution >= 4 is 24.0 Å². The fourth-order valence-corrected chi connectivity index (χ4v) is 3.34. The van der Waals surface area contributed by atoms with Crippen molar-refractivity contribution < 1.29 is 9.47 Å². The first kappa shape index (κ1) is 22.2. The maximum Gasteiger partial charge on any atom is 0.130 e. The molecule has 0 aliphatic carbocycles. The third-order valence-electron chi connectivity index (χ3n) is 5.05. The first-order valence-corrected chi connectivity index (χ1v) is 10.2. The molecule has 0 spiro atoms. The first-order chi connectivity index (χ1) is 15.1. The Balaban J connectivity index is 2.07. The molecule has 0 radical (unpaired) electrons. The van der Waals surface area contributed by atoms with Gasteiger partial charge in [0.2, 0.25) is 0 Å². The molecule has 3 heterocycles. The zero-order valence-corrected chi connectivity index (χ0v) is 18.6. The highest BCUT2D eigenvalue weighted by molar-refractivity contribution is 5.89. The molecule has 3 aromatic rings. The molecule has 0 atom stereocenters. The van der Waals surface area contributed by atoms with Crippen LogP contribution < -0.4 is 20.2 Å². The molecule has 0 unspecified atom stereocenters. The third kappa shape index (κ3) is 5.00. The number of nitrogens with zero attached hydrogens (tertiary/aromatic N) is 5. The van der Waals surface area contributed by atoms with Crippen LogP contribution in [0, 0.1) is 0 Å². The van der Waals surface area contributed by atoms with Crippen molar-refractivity contribution in [2.75, 3.05) is 38.8 Å². The van der Waals surface area contributed by atoms with E-state index in [9.17, 15) is 0 Å². The largest absolute Gasteiger partial charge is 0.496 e. The standard InChI is InChI=1S/C24H29N5O2/c1-6-19(21-17-25-10-9-23(21)31-5)14-22-18(3)16-27-29(22)20-8-11-26-24(15-20)28(7-2)12-13-30-4/h6,8-11,14-17H,3,7,12-13H2,1-2,4-5H3/b19-6+,22-14+. The minimum atomic E-state index is 0.640. The second-order valence-electron chi connectivity index (χ2n) is 6.88. The maximum absolute atomic E-state index is 5.52. The Hall–Kier alpha value is -3.45. The number of anilines is 1. The lowest BCUT2D eigenvalue weighted by Crippen LogP contribution is -2.29. The summed E-state index contributed by atoms with van der Waals surface area (Å²) in [7, 11) is 3.36. The van der Waals surface area contributed by atoms with Gasteiger partial charge in [-0.1, -0.05) is 12.7 Å². The lowest BCUT2D eigenvalue weighted by Gasteiger charge is -2.21. The summed E-state index contributed by atoms with van der Waals surface area (Å²) >= 11 is 0. The van der Waals surface area contributed by atoms with E-state index in [0.717, 1.165) is 52.0 Å². The molecule has 0 aliphatic rings. The molecule has 0 saturated carbocycles. The summed E-state index contributed by atoms with van der Waals surface area (Å²) in [4.78, 5) is 11.0. The number of ether oxygens (including phenoxy) is 2. The van der Waals surface area contributed by atoms with Gasteiger partial charge in [0.05, 0.1) is 31.0 Å². The van der Waals surface area contributed by atoms with Gasteiger partial charge in [0.15, 0.2) is 0 Å². The molecular formula is C24H29N5O2. The molecule has 0 aliphatic heterocycles. The average Bonchev–Trinajstić information content (AvgIpc) is 3.18. The van der Waals surface area contributed by atoms with Crippen LogP contribution in [0.5, 0.6) is 5.75 Å². The number of rotatable bonds is 9. The minimum absolute atomic E-state index is 0.640. The van der Waals surface area contributed by atoms with Gasteiger partial charge in [-0.2, -0.15) is 5.10 Å². The molecular weight excluding hydrogens is 390 g/mol. The van der Waals surface area contributed by atoms with Crippen LogP contribution in [0.1, 0.15) is 19.4 Å². The van der Waals surface area contributed by atoms with E-state index in [1.807, 2.05) is 35.9 Å². The van der Waals surface area contributed by atoms with Gasteiger partial charge >= 0.3 is 0 Å². The predicted molar refractivity (Wildman–Crippen MR) is 125 cm³/mol. The molecule has 0 bridgehead atoms. The van der Waals surface area contributed by atoms with E-state index >= 15 is 0 Å². The van der Waals surface area contributed by atoms with Crippen molar-refractivity contribution in [1.82, 2.24) is 19.7 Å². The zero-order valence-electron chi connectivity index (χ0n) is 18.6. The summed E-state index contributed by atoms with van der Waals surface area (Å²) < 4.78 is 12.6. The van der Waals surface area contributed by atoms with Crippen LogP contribution in [0.15, 0.2) is 49.1 Å². The van der Waals surface area contributed by atoms with E-state index in [4.69, 9.17) is 9.47 Å². The second-order valence-corrected chi connectivity index (χ2v) is 6.88. The lowest BCUT2D eigenvalue weighted by atomic mass is 10.1. The van der Waals surface area contributed by atoms with E-state index in [-0.39, 0.29) is 0 Å². The Kier molecular flexibility index (Phi) is 7.56. The smallest absolute Gasteiger partial charge is 0.130 e. The van der Waals surface area contributed by atoms with Gasteiger partial charge in [0, 0.05) is 55.6 Å². The molecule has 0 amide bonds. The summed E-state index contributed by atoms with van der Waals surface area (Å²) in [5, 5.41) is 6.29. The summed E-state index contributed by atoms with van der Waals surface area (Å²) in [6.07, 6.45) is 11.2. The van der Waals surface area contributed by atoms with Crippen LogP contribution in [0.4, 0.5) is 5.82 Å². The topological polar surface area (TPSA) is 65.3 Å². The van der Waals surface area contributed by atoms with Crippen molar-refractivity contribution in [2.45, 2.75) is 13.8 Å². The fraction of sp³-hybridized carbons (Fsp3) is 0.292. The van der Waals surface area contributed by atoms with Crippen molar-refractivity contribution in [3.63, 3.8) is 0 Å². The lowest BCUT2D eigenvalue weighted by molar-refractivity contribution is 0.205. The van der Waals surface area contributed by atoms with Crippen molar-refractivity contribution in [3.05, 3.63) is 65.2 Å². The molecule has 7 heteroatoms. The van der Waals surface area contributed by atoms with Crippen LogP contribution >= 0.6 is 0 Å². The normalized spacial score (nSPS) is 12.3. The van der Waals surface area contributed by atoms with Gasteiger partial charge in [-0.05, 0) is 37.6 Å². The number of pyridine rings is 2. The minimum Gasteiger partial charge on any atom is -0.496 e. The van der Waals surface area contributed by atoms with E-state index in [1.54, 1.807) is 39.0 Å². The molecule has 0 aromatic carbocycles. The number of hydrogen-bond acceptors (Lipinski definition) is 6. The van der Waals surface area contributed by atoms with Crippen molar-refractivity contribution in [3.8, 4) is 11.4 Å². The van der Waals surface area contributed by atoms with Gasteiger partial charge in [-0.15, -0.1) is 0 Å². The maximum atomic E-state index is 5.52. The van der Waals surface area contributed by atoms with E-state index in [1.165, 1.54) is 0 Å². The fourth-order valence-electron chi connectivity index (χ4n) is 3.34. The van der Waals surface area contributed by atoms with Gasteiger partial charge in [-0.25, -0.2) is 9.67 Å². The molecule has 3 rings (SSSR count). The number of hydrogen-bond donors (Lipinski definition) is 0. The number of aromatic nitrogens is 4. The van der Waals surface area contributed by atoms with Crippen LogP contribution in [0.3, 0.4) is 0 Å². The highest BCUT2D eigenvalue weighted by atomic mass is 16.5. The van der Waals surface area contributed by atoms with Gasteiger partial charge in [0.1, 0.15) is 11.6 Å². The monoisotopic (exact) mass is 419 g/mol. The number of methoxy groups -OCH3 is 2. The van der Waals surface area contributed by atoms with Gasteiger partial charge in [-0.3, -0.25) is 4.98 Å². The van der Waals surface area contributed by atoms with Crippen LogP contribution in [-0.2, 0) is 4.74 Å². The average molecular weight is 420 g/mol. The third-order valence-corrected chi connectivity index (χ3v) is 5.05. The number of allylic oxidation sites excluding steroid dienone is 2. The van der Waals surface area contributed by atoms with Crippen molar-refractivity contribution in [1.29, 1.82) is 0 Å². The predicted octanol–water partition coefficient (Wildman–Crippen LogP) is 2.44. The van der Waals surface area contributed by atoms with E-state index in [2.05, 4.69) is 39.5 Å². The Morgan fingerprint density at radius 3 is 2.77 bits per heavy atom. The Morgan fingerprint density at radius 1 is 1.23 bits per heavy atom. The Labute approximate surface area is 183 Å². The summed E-state index contributed by atoms with van der Waals surface area (Å²) in [5.74, 6) is 1.64. The second kappa shape index (κ2) is 10.5. The molecule has 0 fully saturated rings. The summed E-state index contributed by atoms with van der Waals surface area (Å²) in [5.41, 5.74) is 2.79. The van der Waals surface area contributed by atoms with E-state index in [0.29, 0.717) is 6.61 Å². The molecule has 31 heavy (non-hydrogen) atoms. The summed E-state index contributed by atoms with van der Waals surface area (Å²) in [6, 6.07) is 5.82. The highest BCUT2D eigenvalue weighted by Crippen LogP contribution is 2.25. The number of likely N-dealkylation sites (N-methyl/N-ethyl adjacent to an activating group) is 1. The van der Waals surface area contributed by atoms with Crippen LogP contribution in [0.25, 0.3) is 23.9 Å². The Morgan fingerprint density at radius 2 is 2.06 bits per heavy atom. The van der Waals surface area contributed by atoms with Gasteiger partial charge < -0.3 is 14.4 Å². The van der Waals surface area contributed by atoms with Crippen LogP contribution in [-0.4, -0.2) is 53.7 Å². The molecule has 0 N–H and O–H groups in total. The molecule has 0 saturated heterocycles. The molecule has 3 aromatic heterocycles.